The number of ether oxygens (including phenoxy) is 4. The molecule has 0 aromatic rings. The molecule has 0 saturated carbocycles. The van der Waals surface area contributed by atoms with Crippen LogP contribution in [0.5, 0.6) is 0 Å². The molecule has 0 amide bonds. The van der Waals surface area contributed by atoms with Gasteiger partial charge in [0.2, 0.25) is 0 Å². The predicted octanol–water partition coefficient (Wildman–Crippen LogP) is 12.0. The van der Waals surface area contributed by atoms with E-state index >= 15 is 0 Å². The van der Waals surface area contributed by atoms with Crippen LogP contribution in [0, 0.1) is 0 Å². The average molecular weight is 897 g/mol. The summed E-state index contributed by atoms with van der Waals surface area (Å²) in [7, 11) is 0. The van der Waals surface area contributed by atoms with Gasteiger partial charge in [0, 0.05) is 50.6 Å². The molecule has 13 heteroatoms. The van der Waals surface area contributed by atoms with E-state index in [0.29, 0.717) is 0 Å². The summed E-state index contributed by atoms with van der Waals surface area (Å²) in [5.41, 5.74) is 0. The smallest absolute Gasteiger partial charge is 0.347 e. The Morgan fingerprint density at radius 3 is 0.721 bits per heavy atom. The van der Waals surface area contributed by atoms with Crippen LogP contribution in [-0.2, 0) is 47.7 Å². The zero-order valence-corrected chi connectivity index (χ0v) is 41.8. The van der Waals surface area contributed by atoms with Crippen molar-refractivity contribution in [1.29, 1.82) is 0 Å². The topological polar surface area (TPSA) is 180 Å². The maximum Gasteiger partial charge on any atom is 0.347 e. The summed E-state index contributed by atoms with van der Waals surface area (Å²) >= 11 is 0. The molecule has 2 N–H and O–H groups in total. The van der Waals surface area contributed by atoms with Crippen molar-refractivity contribution in [3.05, 3.63) is 0 Å². The Hall–Kier alpha value is -1.92. The van der Waals surface area contributed by atoms with Crippen LogP contribution in [0.1, 0.15) is 247 Å². The molecule has 0 aliphatic heterocycles. The van der Waals surface area contributed by atoms with Crippen molar-refractivity contribution in [2.45, 2.75) is 271 Å². The summed E-state index contributed by atoms with van der Waals surface area (Å²) in [6.07, 6.45) is 33.6. The van der Waals surface area contributed by atoms with Gasteiger partial charge in [-0.25, -0.2) is 19.2 Å². The Morgan fingerprint density at radius 2 is 0.525 bits per heavy atom. The van der Waals surface area contributed by atoms with Crippen LogP contribution in [0.2, 0.25) is 0 Å². The number of rotatable bonds is 40. The SMILES string of the molecule is CCCCCCCCCCCCCCCCCC(=O)OC(C)C(=O)OC(C)C(=O)O.CCCCCCCCCCCCCCCCCC(=O)OC(C)C(=O)OC(C)C(=O)O.[Ca]. The Balaban J connectivity index is -0.00000109. The molecule has 0 aromatic heterocycles. The van der Waals surface area contributed by atoms with E-state index in [0.717, 1.165) is 38.5 Å². The number of esters is 4. The molecule has 0 saturated heterocycles. The summed E-state index contributed by atoms with van der Waals surface area (Å²) in [5.74, 6) is -5.04. The van der Waals surface area contributed by atoms with Gasteiger partial charge in [0.05, 0.1) is 0 Å². The van der Waals surface area contributed by atoms with Gasteiger partial charge in [0.25, 0.3) is 0 Å². The van der Waals surface area contributed by atoms with Crippen molar-refractivity contribution >= 4 is 73.6 Å². The van der Waals surface area contributed by atoms with Gasteiger partial charge in [0.15, 0.2) is 24.4 Å². The standard InChI is InChI=1S/2C24H44O6.Ca/c2*1-4-5-6-7-8-9-10-11-12-13-14-15-16-17-18-19-22(25)29-21(3)24(28)30-20(2)23(26)27;/h2*20-21H,4-19H2,1-3H3,(H,26,27);. The molecule has 0 bridgehead atoms. The Labute approximate surface area is 400 Å². The van der Waals surface area contributed by atoms with E-state index < -0.39 is 60.2 Å². The summed E-state index contributed by atoms with van der Waals surface area (Å²) in [5, 5.41) is 17.4. The summed E-state index contributed by atoms with van der Waals surface area (Å²) < 4.78 is 19.4. The Morgan fingerprint density at radius 1 is 0.328 bits per heavy atom. The van der Waals surface area contributed by atoms with E-state index in [4.69, 9.17) is 19.7 Å². The van der Waals surface area contributed by atoms with Gasteiger partial charge in [-0.15, -0.1) is 0 Å². The zero-order valence-electron chi connectivity index (χ0n) is 39.6. The number of carbonyl (C=O) groups excluding carboxylic acids is 4. The molecule has 4 unspecified atom stereocenters. The van der Waals surface area contributed by atoms with Crippen molar-refractivity contribution in [3.63, 3.8) is 0 Å². The Bertz CT molecular complexity index is 1020. The number of carboxylic acid groups (broad SMARTS) is 2. The van der Waals surface area contributed by atoms with Crippen LogP contribution in [0.25, 0.3) is 0 Å². The van der Waals surface area contributed by atoms with Crippen LogP contribution < -0.4 is 0 Å². The molecule has 61 heavy (non-hydrogen) atoms. The molecule has 4 atom stereocenters. The molecule has 2 radical (unpaired) electrons. The van der Waals surface area contributed by atoms with E-state index in [1.165, 1.54) is 182 Å². The fourth-order valence-corrected chi connectivity index (χ4v) is 6.53. The average Bonchev–Trinajstić information content (AvgIpc) is 3.20. The number of aliphatic carboxylic acids is 2. The maximum atomic E-state index is 11.8. The molecule has 0 rings (SSSR count). The molecule has 12 nitrogen and oxygen atoms in total. The number of hydrogen-bond donors (Lipinski definition) is 2. The van der Waals surface area contributed by atoms with Crippen molar-refractivity contribution < 1.29 is 57.9 Å². The number of carboxylic acids is 2. The molecule has 0 aliphatic rings. The molecular formula is C48H88CaO12. The third-order valence-corrected chi connectivity index (χ3v) is 10.5. The summed E-state index contributed by atoms with van der Waals surface area (Å²) in [6, 6.07) is 0. The first-order chi connectivity index (χ1) is 28.8. The number of carbonyl (C=O) groups is 6. The number of hydrogen-bond acceptors (Lipinski definition) is 10. The third kappa shape index (κ3) is 44.5. The second kappa shape index (κ2) is 46.1. The Kier molecular flexibility index (Phi) is 47.9. The fourth-order valence-electron chi connectivity index (χ4n) is 6.53. The van der Waals surface area contributed by atoms with Crippen LogP contribution >= 0.6 is 0 Å². The second-order valence-corrected chi connectivity index (χ2v) is 16.5. The van der Waals surface area contributed by atoms with E-state index in [1.54, 1.807) is 0 Å². The summed E-state index contributed by atoms with van der Waals surface area (Å²) in [6.45, 7) is 9.80. The fraction of sp³-hybridized carbons (Fsp3) is 0.875. The van der Waals surface area contributed by atoms with Gasteiger partial charge in [-0.2, -0.15) is 0 Å². The van der Waals surface area contributed by atoms with Crippen molar-refractivity contribution in [3.8, 4) is 0 Å². The molecule has 354 valence electrons. The molecule has 0 aromatic carbocycles. The molecule has 0 spiro atoms. The first-order valence-electron chi connectivity index (χ1n) is 24.0. The minimum atomic E-state index is -1.26. The predicted molar refractivity (Wildman–Crippen MR) is 242 cm³/mol. The van der Waals surface area contributed by atoms with Crippen LogP contribution in [0.4, 0.5) is 0 Å². The largest absolute Gasteiger partial charge is 0.479 e. The second-order valence-electron chi connectivity index (χ2n) is 16.5. The quantitative estimate of drug-likeness (QED) is 0.0258. The molecule has 0 heterocycles. The first kappa shape index (κ1) is 63.4. The molecule has 0 fully saturated rings. The third-order valence-electron chi connectivity index (χ3n) is 10.5. The van der Waals surface area contributed by atoms with E-state index in [2.05, 4.69) is 23.3 Å². The monoisotopic (exact) mass is 897 g/mol. The van der Waals surface area contributed by atoms with Crippen molar-refractivity contribution in [2.24, 2.45) is 0 Å². The van der Waals surface area contributed by atoms with Crippen molar-refractivity contribution in [1.82, 2.24) is 0 Å². The van der Waals surface area contributed by atoms with E-state index in [-0.39, 0.29) is 50.6 Å². The minimum absolute atomic E-state index is 0. The normalized spacial score (nSPS) is 12.7. The van der Waals surface area contributed by atoms with Gasteiger partial charge in [-0.3, -0.25) is 9.59 Å². The maximum absolute atomic E-state index is 11.8. The minimum Gasteiger partial charge on any atom is -0.479 e. The molecular weight excluding hydrogens is 809 g/mol. The van der Waals surface area contributed by atoms with Crippen LogP contribution in [-0.4, -0.2) is 108 Å². The van der Waals surface area contributed by atoms with E-state index in [1.807, 2.05) is 0 Å². The zero-order chi connectivity index (χ0) is 45.2. The molecule has 0 aliphatic carbocycles. The van der Waals surface area contributed by atoms with Gasteiger partial charge in [0.1, 0.15) is 0 Å². The number of unbranched alkanes of at least 4 members (excludes halogenated alkanes) is 28. The van der Waals surface area contributed by atoms with E-state index in [9.17, 15) is 28.8 Å². The van der Waals surface area contributed by atoms with Gasteiger partial charge in [-0.1, -0.05) is 194 Å². The van der Waals surface area contributed by atoms with Gasteiger partial charge < -0.3 is 29.2 Å². The van der Waals surface area contributed by atoms with Gasteiger partial charge in [-0.05, 0) is 40.5 Å². The van der Waals surface area contributed by atoms with Crippen molar-refractivity contribution in [2.75, 3.05) is 0 Å². The van der Waals surface area contributed by atoms with Crippen LogP contribution in [0.3, 0.4) is 0 Å². The first-order valence-corrected chi connectivity index (χ1v) is 24.0. The van der Waals surface area contributed by atoms with Crippen LogP contribution in [0.15, 0.2) is 0 Å². The summed E-state index contributed by atoms with van der Waals surface area (Å²) in [4.78, 5) is 68.1. The van der Waals surface area contributed by atoms with Gasteiger partial charge >= 0.3 is 35.8 Å².